The Kier molecular flexibility index (Phi) is 3.69. The maximum absolute atomic E-state index is 12.2. The van der Waals surface area contributed by atoms with Gasteiger partial charge in [-0.25, -0.2) is 8.42 Å². The molecule has 0 atom stereocenters. The standard InChI is InChI=1S/C10H15N3O4S/c1-12-4-6-13(7-5-12)18(15,16)10-3-2-9(17-10)8-11-14/h2-3,8,14H,4-7H2,1H3. The highest BCUT2D eigenvalue weighted by atomic mass is 32.2. The van der Waals surface area contributed by atoms with Crippen molar-refractivity contribution >= 4 is 16.2 Å². The van der Waals surface area contributed by atoms with Crippen LogP contribution in [0.25, 0.3) is 0 Å². The first-order chi connectivity index (χ1) is 8.54. The van der Waals surface area contributed by atoms with Gasteiger partial charge in [0.2, 0.25) is 5.09 Å². The SMILES string of the molecule is CN1CCN(S(=O)(=O)c2ccc(C=NO)o2)CC1. The Hall–Kier alpha value is -1.38. The van der Waals surface area contributed by atoms with Crippen molar-refractivity contribution in [2.45, 2.75) is 5.09 Å². The van der Waals surface area contributed by atoms with Crippen LogP contribution in [0.2, 0.25) is 0 Å². The fourth-order valence-corrected chi connectivity index (χ4v) is 3.10. The second-order valence-corrected chi connectivity index (χ2v) is 5.98. The number of piperazine rings is 1. The Bertz CT molecular complexity index is 529. The summed E-state index contributed by atoms with van der Waals surface area (Å²) in [6.07, 6.45) is 1.04. The van der Waals surface area contributed by atoms with E-state index in [1.807, 2.05) is 7.05 Å². The smallest absolute Gasteiger partial charge is 0.276 e. The molecule has 7 nitrogen and oxygen atoms in total. The van der Waals surface area contributed by atoms with E-state index in [4.69, 9.17) is 9.62 Å². The fraction of sp³-hybridized carbons (Fsp3) is 0.500. The van der Waals surface area contributed by atoms with E-state index in [-0.39, 0.29) is 10.9 Å². The third-order valence-electron chi connectivity index (χ3n) is 2.84. The average molecular weight is 273 g/mol. The van der Waals surface area contributed by atoms with E-state index in [1.54, 1.807) is 0 Å². The van der Waals surface area contributed by atoms with E-state index in [1.165, 1.54) is 16.4 Å². The van der Waals surface area contributed by atoms with Crippen LogP contribution >= 0.6 is 0 Å². The molecular weight excluding hydrogens is 258 g/mol. The molecule has 1 aromatic rings. The Morgan fingerprint density at radius 2 is 2.00 bits per heavy atom. The molecule has 1 N–H and O–H groups in total. The minimum atomic E-state index is -3.59. The number of nitrogens with zero attached hydrogens (tertiary/aromatic N) is 3. The molecule has 100 valence electrons. The van der Waals surface area contributed by atoms with Crippen molar-refractivity contribution in [3.05, 3.63) is 17.9 Å². The number of hydrogen-bond acceptors (Lipinski definition) is 6. The molecule has 0 bridgehead atoms. The summed E-state index contributed by atoms with van der Waals surface area (Å²) in [6.45, 7) is 2.29. The normalized spacial score (nSPS) is 19.6. The van der Waals surface area contributed by atoms with E-state index >= 15 is 0 Å². The first-order valence-corrected chi connectivity index (χ1v) is 6.94. The van der Waals surface area contributed by atoms with Gasteiger partial charge in [-0.15, -0.1) is 0 Å². The largest absolute Gasteiger partial charge is 0.442 e. The maximum Gasteiger partial charge on any atom is 0.276 e. The Morgan fingerprint density at radius 3 is 2.61 bits per heavy atom. The summed E-state index contributed by atoms with van der Waals surface area (Å²) in [5.74, 6) is 0.199. The van der Waals surface area contributed by atoms with E-state index in [0.717, 1.165) is 6.21 Å². The lowest BCUT2D eigenvalue weighted by molar-refractivity contribution is 0.219. The van der Waals surface area contributed by atoms with Crippen molar-refractivity contribution in [3.8, 4) is 0 Å². The number of rotatable bonds is 3. The number of sulfonamides is 1. The minimum absolute atomic E-state index is 0.123. The number of furan rings is 1. The molecule has 1 aliphatic rings. The molecule has 1 fully saturated rings. The summed E-state index contributed by atoms with van der Waals surface area (Å²) in [6, 6.07) is 2.81. The second-order valence-electron chi connectivity index (χ2n) is 4.11. The van der Waals surface area contributed by atoms with Crippen LogP contribution in [0.3, 0.4) is 0 Å². The van der Waals surface area contributed by atoms with Crippen LogP contribution < -0.4 is 0 Å². The van der Waals surface area contributed by atoms with Crippen LogP contribution in [-0.2, 0) is 10.0 Å². The quantitative estimate of drug-likeness (QED) is 0.477. The molecule has 1 saturated heterocycles. The summed E-state index contributed by atoms with van der Waals surface area (Å²) in [7, 11) is -1.64. The summed E-state index contributed by atoms with van der Waals surface area (Å²) < 4.78 is 30.9. The third kappa shape index (κ3) is 2.55. The van der Waals surface area contributed by atoms with Crippen molar-refractivity contribution in [2.24, 2.45) is 5.16 Å². The van der Waals surface area contributed by atoms with Crippen LogP contribution in [0.15, 0.2) is 26.8 Å². The lowest BCUT2D eigenvalue weighted by Gasteiger charge is -2.30. The third-order valence-corrected chi connectivity index (χ3v) is 4.62. The van der Waals surface area contributed by atoms with Gasteiger partial charge >= 0.3 is 0 Å². The van der Waals surface area contributed by atoms with Crippen molar-refractivity contribution in [2.75, 3.05) is 33.2 Å². The summed E-state index contributed by atoms with van der Waals surface area (Å²) in [5, 5.41) is 11.0. The van der Waals surface area contributed by atoms with Gasteiger partial charge in [0.1, 0.15) is 12.0 Å². The van der Waals surface area contributed by atoms with Gasteiger partial charge in [0.15, 0.2) is 0 Å². The highest BCUT2D eigenvalue weighted by molar-refractivity contribution is 7.89. The molecule has 0 aromatic carbocycles. The summed E-state index contributed by atoms with van der Waals surface area (Å²) >= 11 is 0. The van der Waals surface area contributed by atoms with Crippen molar-refractivity contribution in [1.82, 2.24) is 9.21 Å². The molecule has 0 saturated carbocycles. The second kappa shape index (κ2) is 5.09. The predicted molar refractivity (Wildman–Crippen MR) is 64.3 cm³/mol. The molecule has 0 unspecified atom stereocenters. The van der Waals surface area contributed by atoms with E-state index in [0.29, 0.717) is 26.2 Å². The molecule has 0 spiro atoms. The molecule has 1 aromatic heterocycles. The van der Waals surface area contributed by atoms with Gasteiger partial charge in [0.05, 0.1) is 0 Å². The van der Waals surface area contributed by atoms with Crippen LogP contribution in [0, 0.1) is 0 Å². The van der Waals surface area contributed by atoms with Crippen molar-refractivity contribution in [3.63, 3.8) is 0 Å². The number of likely N-dealkylation sites (N-methyl/N-ethyl adjacent to an activating group) is 1. The fourth-order valence-electron chi connectivity index (χ4n) is 1.75. The van der Waals surface area contributed by atoms with Crippen LogP contribution in [0.1, 0.15) is 5.76 Å². The topological polar surface area (TPSA) is 86.4 Å². The monoisotopic (exact) mass is 273 g/mol. The summed E-state index contributed by atoms with van der Waals surface area (Å²) in [5.41, 5.74) is 0. The van der Waals surface area contributed by atoms with Gasteiger partial charge in [-0.1, -0.05) is 5.16 Å². The average Bonchev–Trinajstić information content (AvgIpc) is 2.79. The van der Waals surface area contributed by atoms with Crippen LogP contribution in [0.4, 0.5) is 0 Å². The molecular formula is C10H15N3O4S. The van der Waals surface area contributed by atoms with Gasteiger partial charge in [-0.3, -0.25) is 0 Å². The molecule has 0 aliphatic carbocycles. The number of hydrogen-bond donors (Lipinski definition) is 1. The molecule has 18 heavy (non-hydrogen) atoms. The molecule has 0 radical (unpaired) electrons. The highest BCUT2D eigenvalue weighted by Crippen LogP contribution is 2.19. The van der Waals surface area contributed by atoms with Crippen LogP contribution in [0.5, 0.6) is 0 Å². The first kappa shape index (κ1) is 13.1. The van der Waals surface area contributed by atoms with E-state index < -0.39 is 10.0 Å². The van der Waals surface area contributed by atoms with Crippen LogP contribution in [-0.4, -0.2) is 62.3 Å². The maximum atomic E-state index is 12.2. The van der Waals surface area contributed by atoms with Gasteiger partial charge in [0.25, 0.3) is 10.0 Å². The Labute approximate surface area is 105 Å². The molecule has 1 aliphatic heterocycles. The van der Waals surface area contributed by atoms with E-state index in [9.17, 15) is 8.42 Å². The molecule has 2 heterocycles. The van der Waals surface area contributed by atoms with Gasteiger partial charge < -0.3 is 14.5 Å². The molecule has 2 rings (SSSR count). The van der Waals surface area contributed by atoms with Crippen molar-refractivity contribution in [1.29, 1.82) is 0 Å². The zero-order valence-corrected chi connectivity index (χ0v) is 10.8. The Morgan fingerprint density at radius 1 is 1.33 bits per heavy atom. The van der Waals surface area contributed by atoms with Gasteiger partial charge in [0, 0.05) is 26.2 Å². The van der Waals surface area contributed by atoms with Crippen molar-refractivity contribution < 1.29 is 18.0 Å². The lowest BCUT2D eigenvalue weighted by atomic mass is 10.4. The van der Waals surface area contributed by atoms with Gasteiger partial charge in [-0.05, 0) is 19.2 Å². The highest BCUT2D eigenvalue weighted by Gasteiger charge is 2.29. The minimum Gasteiger partial charge on any atom is -0.442 e. The molecule has 8 heteroatoms. The van der Waals surface area contributed by atoms with E-state index in [2.05, 4.69) is 10.1 Å². The Balaban J connectivity index is 2.19. The summed E-state index contributed by atoms with van der Waals surface area (Å²) in [4.78, 5) is 2.07. The predicted octanol–water partition coefficient (Wildman–Crippen LogP) is 0.0238. The molecule has 0 amide bonds. The van der Waals surface area contributed by atoms with Gasteiger partial charge in [-0.2, -0.15) is 4.31 Å². The number of oxime groups is 1. The first-order valence-electron chi connectivity index (χ1n) is 5.50. The zero-order chi connectivity index (χ0) is 13.2. The zero-order valence-electron chi connectivity index (χ0n) is 9.98. The lowest BCUT2D eigenvalue weighted by Crippen LogP contribution is -2.46.